The van der Waals surface area contributed by atoms with Crippen molar-refractivity contribution in [2.45, 2.75) is 0 Å². The van der Waals surface area contributed by atoms with Gasteiger partial charge in [-0.25, -0.2) is 9.59 Å². The molecular formula is C23H20N6O5. The molecule has 0 saturated heterocycles. The minimum absolute atomic E-state index is 0.0968. The summed E-state index contributed by atoms with van der Waals surface area (Å²) in [5.74, 6) is 0.891. The Kier molecular flexibility index (Phi) is 4.74. The number of H-pyrrole nitrogens is 3. The molecule has 5 aromatic rings. The fraction of sp³-hybridized carbons (Fsp3) is 0.130. The molecule has 0 unspecified atom stereocenters. The third-order valence-electron chi connectivity index (χ3n) is 5.84. The van der Waals surface area contributed by atoms with Crippen molar-refractivity contribution < 1.29 is 4.74 Å². The van der Waals surface area contributed by atoms with Crippen LogP contribution in [0.25, 0.3) is 39.2 Å². The summed E-state index contributed by atoms with van der Waals surface area (Å²) in [6.07, 6.45) is 3.39. The maximum atomic E-state index is 13.3. The highest BCUT2D eigenvalue weighted by Crippen LogP contribution is 2.37. The van der Waals surface area contributed by atoms with Crippen LogP contribution >= 0.6 is 0 Å². The first-order valence-corrected chi connectivity index (χ1v) is 10.3. The predicted molar refractivity (Wildman–Crippen MR) is 127 cm³/mol. The molecule has 3 N–H and O–H groups in total. The molecule has 0 saturated carbocycles. The van der Waals surface area contributed by atoms with E-state index < -0.39 is 22.5 Å². The Morgan fingerprint density at radius 2 is 1.38 bits per heavy atom. The lowest BCUT2D eigenvalue weighted by atomic mass is 10.00. The van der Waals surface area contributed by atoms with Crippen molar-refractivity contribution >= 4 is 11.0 Å². The molecule has 0 bridgehead atoms. The van der Waals surface area contributed by atoms with Crippen molar-refractivity contribution in [2.24, 2.45) is 14.1 Å². The average molecular weight is 460 g/mol. The van der Waals surface area contributed by atoms with Gasteiger partial charge < -0.3 is 14.3 Å². The summed E-state index contributed by atoms with van der Waals surface area (Å²) in [7, 11) is 4.58. The topological polar surface area (TPSA) is 140 Å². The van der Waals surface area contributed by atoms with Gasteiger partial charge in [0.2, 0.25) is 0 Å². The largest absolute Gasteiger partial charge is 0.497 e. The van der Waals surface area contributed by atoms with Crippen LogP contribution in [-0.2, 0) is 14.1 Å². The van der Waals surface area contributed by atoms with Crippen LogP contribution in [-0.4, -0.2) is 35.8 Å². The van der Waals surface area contributed by atoms with Crippen LogP contribution in [0.2, 0.25) is 0 Å². The maximum Gasteiger partial charge on any atom is 0.329 e. The molecule has 0 aliphatic carbocycles. The monoisotopic (exact) mass is 460 g/mol. The second kappa shape index (κ2) is 7.66. The number of hydrogen-bond acceptors (Lipinski definition) is 5. The number of aromatic nitrogens is 6. The molecule has 0 amide bonds. The van der Waals surface area contributed by atoms with Crippen molar-refractivity contribution in [3.05, 3.63) is 90.5 Å². The second-order valence-electron chi connectivity index (χ2n) is 7.75. The molecule has 0 spiro atoms. The number of aromatic amines is 3. The van der Waals surface area contributed by atoms with Crippen molar-refractivity contribution in [1.82, 2.24) is 28.7 Å². The highest BCUT2D eigenvalue weighted by molar-refractivity contribution is 6.03. The molecule has 172 valence electrons. The van der Waals surface area contributed by atoms with Gasteiger partial charge in [0.05, 0.1) is 23.8 Å². The number of ether oxygens (including phenoxy) is 1. The Bertz CT molecular complexity index is 1780. The van der Waals surface area contributed by atoms with E-state index in [1.807, 2.05) is 0 Å². The third-order valence-corrected chi connectivity index (χ3v) is 5.84. The van der Waals surface area contributed by atoms with E-state index in [0.29, 0.717) is 17.0 Å². The van der Waals surface area contributed by atoms with Crippen LogP contribution in [0.5, 0.6) is 5.75 Å². The maximum absolute atomic E-state index is 13.3. The molecule has 0 radical (unpaired) electrons. The lowest BCUT2D eigenvalue weighted by Gasteiger charge is -2.15. The molecule has 0 aliphatic heterocycles. The Balaban J connectivity index is 2.01. The van der Waals surface area contributed by atoms with Crippen molar-refractivity contribution in [2.75, 3.05) is 7.11 Å². The Morgan fingerprint density at radius 3 is 2.03 bits per heavy atom. The molecule has 0 fully saturated rings. The van der Waals surface area contributed by atoms with E-state index in [1.54, 1.807) is 60.5 Å². The number of methoxy groups -OCH3 is 1. The minimum atomic E-state index is -0.671. The van der Waals surface area contributed by atoms with Crippen LogP contribution < -0.4 is 27.2 Å². The Morgan fingerprint density at radius 1 is 0.765 bits per heavy atom. The highest BCUT2D eigenvalue weighted by atomic mass is 16.5. The Hall–Kier alpha value is -4.80. The summed E-state index contributed by atoms with van der Waals surface area (Å²) in [5, 5.41) is 0.116. The first-order chi connectivity index (χ1) is 16.3. The summed E-state index contributed by atoms with van der Waals surface area (Å²) >= 11 is 0. The number of nitrogens with zero attached hydrogens (tertiary/aromatic N) is 3. The van der Waals surface area contributed by atoms with E-state index in [4.69, 9.17) is 4.74 Å². The van der Waals surface area contributed by atoms with Gasteiger partial charge in [0.15, 0.2) is 0 Å². The van der Waals surface area contributed by atoms with Crippen LogP contribution in [0.3, 0.4) is 0 Å². The van der Waals surface area contributed by atoms with E-state index in [0.717, 1.165) is 0 Å². The van der Waals surface area contributed by atoms with E-state index in [-0.39, 0.29) is 28.0 Å². The first-order valence-electron chi connectivity index (χ1n) is 10.3. The third kappa shape index (κ3) is 3.05. The van der Waals surface area contributed by atoms with E-state index >= 15 is 0 Å². The normalized spacial score (nSPS) is 11.3. The zero-order chi connectivity index (χ0) is 24.1. The number of nitrogens with one attached hydrogen (secondary N) is 3. The summed E-state index contributed by atoms with van der Waals surface area (Å²) in [5.41, 5.74) is -0.867. The fourth-order valence-corrected chi connectivity index (χ4v) is 4.14. The molecule has 0 aliphatic rings. The highest BCUT2D eigenvalue weighted by Gasteiger charge is 2.26. The zero-order valence-electron chi connectivity index (χ0n) is 18.5. The van der Waals surface area contributed by atoms with Crippen molar-refractivity contribution in [3.63, 3.8) is 0 Å². The lowest BCUT2D eigenvalue weighted by Crippen LogP contribution is -2.33. The molecule has 11 heteroatoms. The summed E-state index contributed by atoms with van der Waals surface area (Å²) in [6.45, 7) is 0. The number of fused-ring (bicyclic) bond motifs is 1. The lowest BCUT2D eigenvalue weighted by molar-refractivity contribution is 0.415. The van der Waals surface area contributed by atoms with Crippen LogP contribution in [0.15, 0.2) is 68.0 Å². The van der Waals surface area contributed by atoms with Gasteiger partial charge in [0.25, 0.3) is 11.1 Å². The van der Waals surface area contributed by atoms with Gasteiger partial charge in [0.1, 0.15) is 17.2 Å². The van der Waals surface area contributed by atoms with Gasteiger partial charge in [-0.3, -0.25) is 28.7 Å². The fourth-order valence-electron chi connectivity index (χ4n) is 4.14. The SMILES string of the molecule is COc1ccc(-c2[nH]c3c(c2-c2c(-n4cccc4)n(C)c(=O)[nH]c2=O)c(=O)[nH]c(=O)n3C)cc1. The molecule has 1 aromatic carbocycles. The van der Waals surface area contributed by atoms with Gasteiger partial charge in [0, 0.05) is 32.1 Å². The van der Waals surface area contributed by atoms with Crippen LogP contribution in [0, 0.1) is 0 Å². The number of aryl methyl sites for hydroxylation is 1. The number of rotatable bonds is 4. The van der Waals surface area contributed by atoms with Gasteiger partial charge in [-0.05, 0) is 42.0 Å². The minimum Gasteiger partial charge on any atom is -0.497 e. The van der Waals surface area contributed by atoms with Gasteiger partial charge in [-0.15, -0.1) is 0 Å². The summed E-state index contributed by atoms with van der Waals surface area (Å²) in [4.78, 5) is 58.9. The number of benzene rings is 1. The van der Waals surface area contributed by atoms with Crippen LogP contribution in [0.4, 0.5) is 0 Å². The smallest absolute Gasteiger partial charge is 0.329 e. The van der Waals surface area contributed by atoms with Gasteiger partial charge in [-0.1, -0.05) is 0 Å². The van der Waals surface area contributed by atoms with Crippen LogP contribution in [0.1, 0.15) is 0 Å². The molecule has 4 aromatic heterocycles. The molecule has 5 rings (SSSR count). The summed E-state index contributed by atoms with van der Waals surface area (Å²) < 4.78 is 9.42. The van der Waals surface area contributed by atoms with Gasteiger partial charge >= 0.3 is 11.4 Å². The van der Waals surface area contributed by atoms with Gasteiger partial charge in [-0.2, -0.15) is 0 Å². The standard InChI is InChI=1S/C23H20N6O5/c1-27-18-15(19(30)25-22(27)32)14(17(24-18)12-6-8-13(34-3)9-7-12)16-20(31)26-23(33)28(2)21(16)29-10-4-5-11-29/h4-11,24H,1-3H3,(H,25,30,32)(H,26,31,33). The zero-order valence-corrected chi connectivity index (χ0v) is 18.5. The quantitative estimate of drug-likeness (QED) is 0.368. The summed E-state index contributed by atoms with van der Waals surface area (Å²) in [6, 6.07) is 10.5. The van der Waals surface area contributed by atoms with Crippen molar-refractivity contribution in [1.29, 1.82) is 0 Å². The second-order valence-corrected chi connectivity index (χ2v) is 7.75. The molecule has 0 atom stereocenters. The number of hydrogen-bond donors (Lipinski definition) is 3. The molecular weight excluding hydrogens is 440 g/mol. The molecule has 11 nitrogen and oxygen atoms in total. The van der Waals surface area contributed by atoms with E-state index in [1.165, 1.54) is 23.2 Å². The molecule has 4 heterocycles. The Labute approximate surface area is 190 Å². The molecule has 34 heavy (non-hydrogen) atoms. The predicted octanol–water partition coefficient (Wildman–Crippen LogP) is 1.08. The average Bonchev–Trinajstić information content (AvgIpc) is 3.48. The van der Waals surface area contributed by atoms with Crippen molar-refractivity contribution in [3.8, 4) is 34.0 Å². The first kappa shape index (κ1) is 21.1. The van der Waals surface area contributed by atoms with E-state index in [2.05, 4.69) is 15.0 Å². The van der Waals surface area contributed by atoms with E-state index in [9.17, 15) is 19.2 Å².